The highest BCUT2D eigenvalue weighted by Gasteiger charge is 2.29. The quantitative estimate of drug-likeness (QED) is 0.769. The van der Waals surface area contributed by atoms with Crippen LogP contribution in [0.3, 0.4) is 0 Å². The van der Waals surface area contributed by atoms with Gasteiger partial charge in [-0.05, 0) is 49.4 Å². The molecule has 2 aromatic carbocycles. The topological polar surface area (TPSA) is 32.3 Å². The first-order chi connectivity index (χ1) is 12.5. The van der Waals surface area contributed by atoms with E-state index in [0.29, 0.717) is 0 Å². The van der Waals surface area contributed by atoms with Gasteiger partial charge in [0.15, 0.2) is 0 Å². The van der Waals surface area contributed by atoms with Crippen LogP contribution < -0.4 is 5.32 Å². The summed E-state index contributed by atoms with van der Waals surface area (Å²) < 4.78 is 0. The van der Waals surface area contributed by atoms with E-state index >= 15 is 0 Å². The Labute approximate surface area is 156 Å². The van der Waals surface area contributed by atoms with Gasteiger partial charge in [-0.1, -0.05) is 49.2 Å². The highest BCUT2D eigenvalue weighted by molar-refractivity contribution is 5.98. The van der Waals surface area contributed by atoms with Crippen molar-refractivity contribution in [3.8, 4) is 0 Å². The molecule has 0 bridgehead atoms. The van der Waals surface area contributed by atoms with E-state index in [9.17, 15) is 4.79 Å². The fourth-order valence-corrected chi connectivity index (χ4v) is 4.32. The van der Waals surface area contributed by atoms with E-state index < -0.39 is 0 Å². The van der Waals surface area contributed by atoms with E-state index in [0.717, 1.165) is 38.0 Å². The van der Waals surface area contributed by atoms with Crippen molar-refractivity contribution < 1.29 is 4.79 Å². The molecule has 0 atom stereocenters. The van der Waals surface area contributed by atoms with Gasteiger partial charge in [-0.25, -0.2) is 0 Å². The van der Waals surface area contributed by atoms with E-state index in [2.05, 4.69) is 55.6 Å². The summed E-state index contributed by atoms with van der Waals surface area (Å²) in [6.45, 7) is 6.19. The highest BCUT2D eigenvalue weighted by Crippen LogP contribution is 2.34. The summed E-state index contributed by atoms with van der Waals surface area (Å²) in [7, 11) is 0. The van der Waals surface area contributed by atoms with E-state index in [-0.39, 0.29) is 11.4 Å². The minimum absolute atomic E-state index is 0.0674. The van der Waals surface area contributed by atoms with Gasteiger partial charge in [0.2, 0.25) is 5.91 Å². The lowest BCUT2D eigenvalue weighted by Gasteiger charge is -2.36. The SMILES string of the molecule is CC1(C)Cc2c(ccc3ccccc23)/C(=C\C(=O)N2CCCCCC2)N1. The maximum absolute atomic E-state index is 12.9. The molecule has 0 radical (unpaired) electrons. The smallest absolute Gasteiger partial charge is 0.248 e. The molecule has 0 aliphatic carbocycles. The van der Waals surface area contributed by atoms with E-state index in [1.54, 1.807) is 0 Å². The first-order valence-corrected chi connectivity index (χ1v) is 9.83. The number of carbonyl (C=O) groups excluding carboxylic acids is 1. The molecular formula is C23H28N2O. The summed E-state index contributed by atoms with van der Waals surface area (Å²) in [5, 5.41) is 6.18. The average Bonchev–Trinajstić information content (AvgIpc) is 2.90. The predicted molar refractivity (Wildman–Crippen MR) is 108 cm³/mol. The van der Waals surface area contributed by atoms with Crippen molar-refractivity contribution in [1.82, 2.24) is 10.2 Å². The van der Waals surface area contributed by atoms with Crippen LogP contribution >= 0.6 is 0 Å². The number of benzene rings is 2. The minimum atomic E-state index is -0.0674. The van der Waals surface area contributed by atoms with Crippen LogP contribution in [-0.4, -0.2) is 29.4 Å². The molecule has 4 rings (SSSR count). The second kappa shape index (κ2) is 6.79. The molecule has 0 spiro atoms. The number of likely N-dealkylation sites (tertiary alicyclic amines) is 1. The Morgan fingerprint density at radius 3 is 2.54 bits per heavy atom. The summed E-state index contributed by atoms with van der Waals surface area (Å²) in [5.41, 5.74) is 3.42. The van der Waals surface area contributed by atoms with Crippen LogP contribution in [-0.2, 0) is 11.2 Å². The number of amides is 1. The summed E-state index contributed by atoms with van der Waals surface area (Å²) in [6, 6.07) is 12.9. The molecule has 0 saturated carbocycles. The normalized spacial score (nSPS) is 21.2. The van der Waals surface area contributed by atoms with Crippen molar-refractivity contribution in [2.24, 2.45) is 0 Å². The third-order valence-corrected chi connectivity index (χ3v) is 5.61. The van der Waals surface area contributed by atoms with Gasteiger partial charge in [-0.3, -0.25) is 4.79 Å². The van der Waals surface area contributed by atoms with Crippen LogP contribution in [0.1, 0.15) is 50.7 Å². The molecule has 1 amide bonds. The van der Waals surface area contributed by atoms with Gasteiger partial charge >= 0.3 is 0 Å². The molecule has 3 heteroatoms. The van der Waals surface area contributed by atoms with Gasteiger partial charge in [0, 0.05) is 36.0 Å². The monoisotopic (exact) mass is 348 g/mol. The van der Waals surface area contributed by atoms with Crippen LogP contribution in [0.2, 0.25) is 0 Å². The first kappa shape index (κ1) is 17.1. The van der Waals surface area contributed by atoms with E-state index in [1.807, 2.05) is 11.0 Å². The second-order valence-corrected chi connectivity index (χ2v) is 8.30. The number of rotatable bonds is 1. The molecule has 136 valence electrons. The van der Waals surface area contributed by atoms with Crippen molar-refractivity contribution in [1.29, 1.82) is 0 Å². The summed E-state index contributed by atoms with van der Waals surface area (Å²) in [6.07, 6.45) is 7.50. The Balaban J connectivity index is 1.75. The summed E-state index contributed by atoms with van der Waals surface area (Å²) in [5.74, 6) is 0.145. The van der Waals surface area contributed by atoms with Crippen molar-refractivity contribution in [2.75, 3.05) is 13.1 Å². The molecule has 3 nitrogen and oxygen atoms in total. The van der Waals surface area contributed by atoms with Crippen LogP contribution in [0, 0.1) is 0 Å². The zero-order valence-corrected chi connectivity index (χ0v) is 15.8. The van der Waals surface area contributed by atoms with Crippen LogP contribution in [0.15, 0.2) is 42.5 Å². The van der Waals surface area contributed by atoms with Crippen molar-refractivity contribution in [3.63, 3.8) is 0 Å². The summed E-state index contributed by atoms with van der Waals surface area (Å²) in [4.78, 5) is 14.9. The summed E-state index contributed by atoms with van der Waals surface area (Å²) >= 11 is 0. The van der Waals surface area contributed by atoms with E-state index in [1.165, 1.54) is 34.7 Å². The van der Waals surface area contributed by atoms with Gasteiger partial charge in [0.25, 0.3) is 0 Å². The molecule has 1 fully saturated rings. The van der Waals surface area contributed by atoms with Crippen LogP contribution in [0.5, 0.6) is 0 Å². The fourth-order valence-electron chi connectivity index (χ4n) is 4.32. The third-order valence-electron chi connectivity index (χ3n) is 5.61. The lowest BCUT2D eigenvalue weighted by Crippen LogP contribution is -2.44. The molecular weight excluding hydrogens is 320 g/mol. The van der Waals surface area contributed by atoms with Crippen molar-refractivity contribution in [3.05, 3.63) is 53.6 Å². The Morgan fingerprint density at radius 1 is 1.04 bits per heavy atom. The molecule has 2 aliphatic rings. The number of hydrogen-bond acceptors (Lipinski definition) is 2. The average molecular weight is 348 g/mol. The Bertz CT molecular complexity index is 858. The predicted octanol–water partition coefficient (Wildman–Crippen LogP) is 4.51. The number of carbonyl (C=O) groups is 1. The minimum Gasteiger partial charge on any atom is -0.379 e. The molecule has 0 aromatic heterocycles. The molecule has 2 aliphatic heterocycles. The molecule has 26 heavy (non-hydrogen) atoms. The molecule has 2 aromatic rings. The lowest BCUT2D eigenvalue weighted by atomic mass is 9.83. The zero-order valence-electron chi connectivity index (χ0n) is 15.8. The largest absolute Gasteiger partial charge is 0.379 e. The number of fused-ring (bicyclic) bond motifs is 3. The van der Waals surface area contributed by atoms with Crippen molar-refractivity contribution in [2.45, 2.75) is 51.5 Å². The molecule has 1 N–H and O–H groups in total. The number of hydrogen-bond donors (Lipinski definition) is 1. The second-order valence-electron chi connectivity index (χ2n) is 8.30. The van der Waals surface area contributed by atoms with E-state index in [4.69, 9.17) is 0 Å². The number of nitrogens with one attached hydrogen (secondary N) is 1. The first-order valence-electron chi connectivity index (χ1n) is 9.83. The standard InChI is InChI=1S/C23H28N2O/c1-23(2)16-20-18-10-6-5-9-17(18)11-12-19(20)21(24-23)15-22(26)25-13-7-3-4-8-14-25/h5-6,9-12,15,24H,3-4,7-8,13-14,16H2,1-2H3/b21-15+. The maximum atomic E-state index is 12.9. The number of nitrogens with zero attached hydrogens (tertiary/aromatic N) is 1. The molecule has 1 saturated heterocycles. The van der Waals surface area contributed by atoms with Crippen molar-refractivity contribution >= 4 is 22.4 Å². The molecule has 2 heterocycles. The van der Waals surface area contributed by atoms with Crippen LogP contribution in [0.25, 0.3) is 16.5 Å². The maximum Gasteiger partial charge on any atom is 0.248 e. The lowest BCUT2D eigenvalue weighted by molar-refractivity contribution is -0.125. The Hall–Kier alpha value is -2.29. The van der Waals surface area contributed by atoms with Crippen LogP contribution in [0.4, 0.5) is 0 Å². The van der Waals surface area contributed by atoms with Gasteiger partial charge in [0.05, 0.1) is 0 Å². The van der Waals surface area contributed by atoms with Gasteiger partial charge in [-0.2, -0.15) is 0 Å². The van der Waals surface area contributed by atoms with Gasteiger partial charge in [0.1, 0.15) is 0 Å². The Morgan fingerprint density at radius 2 is 1.77 bits per heavy atom. The van der Waals surface area contributed by atoms with Gasteiger partial charge < -0.3 is 10.2 Å². The Kier molecular flexibility index (Phi) is 4.47. The van der Waals surface area contributed by atoms with Gasteiger partial charge in [-0.15, -0.1) is 0 Å². The third kappa shape index (κ3) is 3.35. The zero-order chi connectivity index (χ0) is 18.1. The fraction of sp³-hybridized carbons (Fsp3) is 0.435. The molecule has 0 unspecified atom stereocenters. The highest BCUT2D eigenvalue weighted by atomic mass is 16.2.